The first kappa shape index (κ1) is 20.1. The van der Waals surface area contributed by atoms with Crippen molar-refractivity contribution in [2.75, 3.05) is 37.1 Å². The summed E-state index contributed by atoms with van der Waals surface area (Å²) >= 11 is 0. The highest BCUT2D eigenvalue weighted by Gasteiger charge is 2.25. The number of methoxy groups -OCH3 is 1. The molecule has 1 heterocycles. The summed E-state index contributed by atoms with van der Waals surface area (Å²) in [7, 11) is -1.40. The lowest BCUT2D eigenvalue weighted by Gasteiger charge is -2.21. The van der Waals surface area contributed by atoms with E-state index < -0.39 is 15.9 Å². The van der Waals surface area contributed by atoms with Crippen molar-refractivity contribution in [3.8, 4) is 0 Å². The van der Waals surface area contributed by atoms with E-state index in [4.69, 9.17) is 15.2 Å². The van der Waals surface area contributed by atoms with Crippen LogP contribution in [0.15, 0.2) is 29.3 Å². The largest absolute Gasteiger partial charge is 0.380 e. The van der Waals surface area contributed by atoms with Crippen molar-refractivity contribution in [1.29, 1.82) is 0 Å². The van der Waals surface area contributed by atoms with Crippen LogP contribution in [0, 0.1) is 0 Å². The van der Waals surface area contributed by atoms with E-state index in [2.05, 4.69) is 10.3 Å². The minimum Gasteiger partial charge on any atom is -0.380 e. The zero-order valence-corrected chi connectivity index (χ0v) is 16.0. The fourth-order valence-corrected chi connectivity index (χ4v) is 3.45. The van der Waals surface area contributed by atoms with Gasteiger partial charge in [0.05, 0.1) is 37.4 Å². The van der Waals surface area contributed by atoms with Gasteiger partial charge in [-0.2, -0.15) is 0 Å². The van der Waals surface area contributed by atoms with Gasteiger partial charge in [0, 0.05) is 18.4 Å². The molecule has 0 radical (unpaired) electrons. The summed E-state index contributed by atoms with van der Waals surface area (Å²) < 4.78 is 33.6. The van der Waals surface area contributed by atoms with Crippen LogP contribution in [0.1, 0.15) is 5.56 Å². The number of benzene rings is 1. The predicted octanol–water partition coefficient (Wildman–Crippen LogP) is 0.991. The molecule has 1 unspecified atom stereocenters. The van der Waals surface area contributed by atoms with Gasteiger partial charge in [0.1, 0.15) is 0 Å². The molecule has 0 amide bonds. The summed E-state index contributed by atoms with van der Waals surface area (Å²) in [6, 6.07) is 7.59. The number of rotatable bonds is 5. The molecule has 0 aromatic heterocycles. The molecule has 7 nitrogen and oxygen atoms in total. The lowest BCUT2D eigenvalue weighted by molar-refractivity contribution is 0.0783. The Bertz CT molecular complexity index is 637. The summed E-state index contributed by atoms with van der Waals surface area (Å²) in [4.78, 5) is 4.16. The highest BCUT2D eigenvalue weighted by Crippen LogP contribution is 2.15. The third-order valence-electron chi connectivity index (χ3n) is 3.23. The van der Waals surface area contributed by atoms with Crippen molar-refractivity contribution < 1.29 is 17.9 Å². The van der Waals surface area contributed by atoms with Crippen LogP contribution in [0.3, 0.4) is 0 Å². The zero-order valence-electron chi connectivity index (χ0n) is 12.9. The van der Waals surface area contributed by atoms with Gasteiger partial charge >= 0.3 is 0 Å². The highest BCUT2D eigenvalue weighted by atomic mass is 127. The number of ether oxygens (including phenoxy) is 2. The fourth-order valence-electron chi connectivity index (χ4n) is 2.16. The topological polar surface area (TPSA) is 103 Å². The Balaban J connectivity index is 0.00000264. The van der Waals surface area contributed by atoms with Crippen LogP contribution in [0.2, 0.25) is 0 Å². The summed E-state index contributed by atoms with van der Waals surface area (Å²) in [5.41, 5.74) is 7.61. The zero-order chi connectivity index (χ0) is 16.0. The number of hydrogen-bond donors (Lipinski definition) is 2. The maximum Gasteiger partial charge on any atom is 0.193 e. The van der Waals surface area contributed by atoms with E-state index in [0.717, 1.165) is 11.3 Å². The number of sulfone groups is 1. The molecule has 1 aliphatic heterocycles. The maximum atomic E-state index is 11.5. The number of nitrogens with zero attached hydrogens (tertiary/aromatic N) is 1. The van der Waals surface area contributed by atoms with Crippen LogP contribution < -0.4 is 11.1 Å². The third kappa shape index (κ3) is 6.61. The van der Waals surface area contributed by atoms with Crippen LogP contribution >= 0.6 is 24.0 Å². The number of guanidine groups is 1. The molecule has 3 N–H and O–H groups in total. The first-order chi connectivity index (χ1) is 10.5. The lowest BCUT2D eigenvalue weighted by atomic mass is 10.2. The number of aliphatic imine (C=N–C) groups is 1. The van der Waals surface area contributed by atoms with Crippen molar-refractivity contribution in [2.24, 2.45) is 10.7 Å². The quantitative estimate of drug-likeness (QED) is 0.390. The molecule has 0 bridgehead atoms. The van der Waals surface area contributed by atoms with Crippen LogP contribution in [-0.2, 0) is 25.9 Å². The highest BCUT2D eigenvalue weighted by molar-refractivity contribution is 14.0. The van der Waals surface area contributed by atoms with Crippen molar-refractivity contribution in [3.05, 3.63) is 29.8 Å². The summed E-state index contributed by atoms with van der Waals surface area (Å²) in [6.07, 6.45) is -0.437. The third-order valence-corrected chi connectivity index (χ3v) is 4.90. The molecule has 130 valence electrons. The van der Waals surface area contributed by atoms with E-state index >= 15 is 0 Å². The Morgan fingerprint density at radius 1 is 1.48 bits per heavy atom. The van der Waals surface area contributed by atoms with Crippen LogP contribution in [-0.4, -0.2) is 52.2 Å². The Kier molecular flexibility index (Phi) is 8.23. The fraction of sp³-hybridized carbons (Fsp3) is 0.500. The number of halogens is 1. The van der Waals surface area contributed by atoms with Gasteiger partial charge in [-0.1, -0.05) is 18.2 Å². The van der Waals surface area contributed by atoms with Gasteiger partial charge in [0.2, 0.25) is 0 Å². The lowest BCUT2D eigenvalue weighted by Crippen LogP contribution is -2.37. The molecular formula is C14H22IN3O4S. The van der Waals surface area contributed by atoms with Crippen molar-refractivity contribution in [3.63, 3.8) is 0 Å². The van der Waals surface area contributed by atoms with Crippen LogP contribution in [0.5, 0.6) is 0 Å². The molecule has 1 aromatic carbocycles. The molecular weight excluding hydrogens is 433 g/mol. The van der Waals surface area contributed by atoms with Gasteiger partial charge < -0.3 is 20.5 Å². The van der Waals surface area contributed by atoms with Gasteiger partial charge in [-0.15, -0.1) is 24.0 Å². The van der Waals surface area contributed by atoms with Gasteiger partial charge in [-0.05, 0) is 6.07 Å². The first-order valence-corrected chi connectivity index (χ1v) is 8.78. The van der Waals surface area contributed by atoms with Crippen LogP contribution in [0.4, 0.5) is 5.69 Å². The van der Waals surface area contributed by atoms with E-state index in [1.54, 1.807) is 7.11 Å². The molecule has 1 fully saturated rings. The van der Waals surface area contributed by atoms with Gasteiger partial charge in [0.25, 0.3) is 0 Å². The normalized spacial score (nSPS) is 20.6. The van der Waals surface area contributed by atoms with Gasteiger partial charge in [0.15, 0.2) is 15.8 Å². The maximum absolute atomic E-state index is 11.5. The van der Waals surface area contributed by atoms with Gasteiger partial charge in [-0.3, -0.25) is 4.99 Å². The second kappa shape index (κ2) is 9.40. The number of nitrogens with one attached hydrogen (secondary N) is 1. The minimum atomic E-state index is -3.02. The molecule has 0 saturated carbocycles. The smallest absolute Gasteiger partial charge is 0.193 e. The van der Waals surface area contributed by atoms with Crippen molar-refractivity contribution in [2.45, 2.75) is 12.7 Å². The molecule has 0 aliphatic carbocycles. The first-order valence-electron chi connectivity index (χ1n) is 6.96. The Labute approximate surface area is 153 Å². The average Bonchev–Trinajstić information content (AvgIpc) is 2.46. The SMILES string of the molecule is COCc1ccccc1NC(N)=NCC1CS(=O)(=O)CCO1.I. The Hall–Kier alpha value is -0.910. The van der Waals surface area contributed by atoms with Gasteiger partial charge in [-0.25, -0.2) is 8.42 Å². The van der Waals surface area contributed by atoms with E-state index in [9.17, 15) is 8.42 Å². The number of nitrogens with two attached hydrogens (primary N) is 1. The minimum absolute atomic E-state index is 0. The molecule has 1 aromatic rings. The Morgan fingerprint density at radius 3 is 2.91 bits per heavy atom. The summed E-state index contributed by atoms with van der Waals surface area (Å²) in [5, 5.41) is 3.00. The van der Waals surface area contributed by atoms with Crippen molar-refractivity contribution in [1.82, 2.24) is 0 Å². The van der Waals surface area contributed by atoms with E-state index in [-0.39, 0.29) is 54.6 Å². The predicted molar refractivity (Wildman–Crippen MR) is 101 cm³/mol. The van der Waals surface area contributed by atoms with E-state index in [1.165, 1.54) is 0 Å². The number of hydrogen-bond acceptors (Lipinski definition) is 5. The average molecular weight is 455 g/mol. The second-order valence-electron chi connectivity index (χ2n) is 5.05. The number of para-hydroxylation sites is 1. The summed E-state index contributed by atoms with van der Waals surface area (Å²) in [6.45, 7) is 0.886. The van der Waals surface area contributed by atoms with E-state index in [1.807, 2.05) is 24.3 Å². The second-order valence-corrected chi connectivity index (χ2v) is 7.28. The standard InChI is InChI=1S/C14H21N3O4S.HI/c1-20-9-11-4-2-3-5-13(11)17-14(15)16-8-12-10-22(18,19)7-6-21-12;/h2-5,12H,6-10H2,1H3,(H3,15,16,17);1H. The number of anilines is 1. The summed E-state index contributed by atoms with van der Waals surface area (Å²) in [5.74, 6) is 0.283. The van der Waals surface area contributed by atoms with Crippen LogP contribution in [0.25, 0.3) is 0 Å². The molecule has 2 rings (SSSR count). The molecule has 9 heteroatoms. The molecule has 1 saturated heterocycles. The van der Waals surface area contributed by atoms with E-state index in [0.29, 0.717) is 6.61 Å². The monoisotopic (exact) mass is 455 g/mol. The van der Waals surface area contributed by atoms with Crippen molar-refractivity contribution >= 4 is 45.5 Å². The molecule has 1 atom stereocenters. The molecule has 0 spiro atoms. The molecule has 1 aliphatic rings. The Morgan fingerprint density at radius 2 is 2.22 bits per heavy atom. The molecule has 23 heavy (non-hydrogen) atoms.